The summed E-state index contributed by atoms with van der Waals surface area (Å²) in [5.41, 5.74) is 2.91. The number of amides is 3. The van der Waals surface area contributed by atoms with Gasteiger partial charge in [0.25, 0.3) is 0 Å². The Hall–Kier alpha value is -3.90. The number of rotatable bonds is 14. The van der Waals surface area contributed by atoms with Crippen molar-refractivity contribution in [1.82, 2.24) is 10.3 Å². The molecule has 3 amide bonds. The van der Waals surface area contributed by atoms with Crippen LogP contribution in [0.2, 0.25) is 0 Å². The number of ether oxygens (including phenoxy) is 3. The van der Waals surface area contributed by atoms with Crippen molar-refractivity contribution in [3.8, 4) is 17.1 Å². The van der Waals surface area contributed by atoms with Gasteiger partial charge < -0.3 is 43.6 Å². The van der Waals surface area contributed by atoms with Gasteiger partial charge in [0, 0.05) is 29.9 Å². The quantitative estimate of drug-likeness (QED) is 0.188. The van der Waals surface area contributed by atoms with E-state index in [1.165, 1.54) is 13.5 Å². The SMILES string of the molecule is CCOP(=O)(CCc1c(NC(=O)Nc2cccc(CNC(=O)O[C@H]3CCOC3)c2)ccc(-c2cnco2)c1OC)OCC. The molecule has 1 saturated heterocycles. The highest BCUT2D eigenvalue weighted by Gasteiger charge is 2.27. The third-order valence-corrected chi connectivity index (χ3v) is 8.56. The van der Waals surface area contributed by atoms with E-state index in [1.807, 2.05) is 6.07 Å². The maximum absolute atomic E-state index is 13.2. The highest BCUT2D eigenvalue weighted by atomic mass is 31.2. The fourth-order valence-corrected chi connectivity index (χ4v) is 6.21. The van der Waals surface area contributed by atoms with Gasteiger partial charge in [0.1, 0.15) is 11.9 Å². The summed E-state index contributed by atoms with van der Waals surface area (Å²) >= 11 is 0. The molecule has 2 aromatic carbocycles. The molecule has 43 heavy (non-hydrogen) atoms. The van der Waals surface area contributed by atoms with Crippen LogP contribution in [0.4, 0.5) is 21.0 Å². The third-order valence-electron chi connectivity index (χ3n) is 6.48. The van der Waals surface area contributed by atoms with Gasteiger partial charge in [-0.3, -0.25) is 4.57 Å². The number of oxazole rings is 1. The highest BCUT2D eigenvalue weighted by molar-refractivity contribution is 7.53. The summed E-state index contributed by atoms with van der Waals surface area (Å²) in [5.74, 6) is 0.899. The van der Waals surface area contributed by atoms with Gasteiger partial charge in [-0.05, 0) is 50.1 Å². The van der Waals surface area contributed by atoms with Crippen LogP contribution in [0.1, 0.15) is 31.4 Å². The summed E-state index contributed by atoms with van der Waals surface area (Å²) in [4.78, 5) is 29.2. The van der Waals surface area contributed by atoms with Crippen LogP contribution in [0.5, 0.6) is 5.75 Å². The fourth-order valence-electron chi connectivity index (χ4n) is 4.59. The molecule has 232 valence electrons. The van der Waals surface area contributed by atoms with E-state index in [1.54, 1.807) is 50.4 Å². The zero-order valence-corrected chi connectivity index (χ0v) is 25.3. The van der Waals surface area contributed by atoms with Gasteiger partial charge in [-0.2, -0.15) is 0 Å². The lowest BCUT2D eigenvalue weighted by molar-refractivity contribution is 0.0828. The molecule has 1 aliphatic heterocycles. The van der Waals surface area contributed by atoms with Gasteiger partial charge >= 0.3 is 19.7 Å². The van der Waals surface area contributed by atoms with Crippen LogP contribution >= 0.6 is 7.60 Å². The van der Waals surface area contributed by atoms with Crippen molar-refractivity contribution in [2.45, 2.75) is 39.3 Å². The molecule has 0 saturated carbocycles. The molecule has 14 heteroatoms. The minimum Gasteiger partial charge on any atom is -0.496 e. The van der Waals surface area contributed by atoms with Crippen LogP contribution in [0, 0.1) is 0 Å². The second-order valence-electron chi connectivity index (χ2n) is 9.48. The average Bonchev–Trinajstić information content (AvgIpc) is 3.71. The molecule has 1 aliphatic rings. The van der Waals surface area contributed by atoms with Gasteiger partial charge in [0.05, 0.1) is 51.5 Å². The number of nitrogens with zero attached hydrogens (tertiary/aromatic N) is 1. The van der Waals surface area contributed by atoms with Crippen LogP contribution < -0.4 is 20.7 Å². The molecule has 1 atom stereocenters. The average molecular weight is 617 g/mol. The smallest absolute Gasteiger partial charge is 0.407 e. The first-order valence-corrected chi connectivity index (χ1v) is 15.7. The molecule has 13 nitrogen and oxygen atoms in total. The molecule has 3 N–H and O–H groups in total. The Balaban J connectivity index is 1.48. The van der Waals surface area contributed by atoms with Gasteiger partial charge in [0.15, 0.2) is 12.2 Å². The molecule has 4 rings (SSSR count). The van der Waals surface area contributed by atoms with Crippen molar-refractivity contribution in [3.63, 3.8) is 0 Å². The first-order chi connectivity index (χ1) is 20.8. The fraction of sp³-hybridized carbons (Fsp3) is 0.414. The first kappa shape index (κ1) is 32.0. The number of anilines is 2. The van der Waals surface area contributed by atoms with E-state index in [2.05, 4.69) is 20.9 Å². The highest BCUT2D eigenvalue weighted by Crippen LogP contribution is 2.49. The molecular weight excluding hydrogens is 579 g/mol. The maximum atomic E-state index is 13.2. The first-order valence-electron chi connectivity index (χ1n) is 14.0. The van der Waals surface area contributed by atoms with Crippen molar-refractivity contribution in [2.24, 2.45) is 0 Å². The topological polar surface area (TPSA) is 159 Å². The van der Waals surface area contributed by atoms with Crippen molar-refractivity contribution in [2.75, 3.05) is 50.3 Å². The standard InChI is InChI=1S/C29H37N4O9P/c1-4-40-43(36,41-5-2)14-12-23-25(10-9-24(27(23)37-3)26-17-30-19-39-26)33-28(34)32-21-8-6-7-20(15-21)16-31-29(35)42-22-11-13-38-18-22/h6-10,15,17,19,22H,4-5,11-14,16,18H2,1-3H3,(H,31,35)(H2,32,33,34)/t22-/m0/s1. The Morgan fingerprint density at radius 3 is 2.60 bits per heavy atom. The number of hydrogen-bond donors (Lipinski definition) is 3. The zero-order valence-electron chi connectivity index (χ0n) is 24.4. The summed E-state index contributed by atoms with van der Waals surface area (Å²) in [6, 6.07) is 10.00. The largest absolute Gasteiger partial charge is 0.496 e. The predicted molar refractivity (Wildman–Crippen MR) is 160 cm³/mol. The summed E-state index contributed by atoms with van der Waals surface area (Å²) in [5, 5.41) is 8.39. The van der Waals surface area contributed by atoms with Crippen molar-refractivity contribution in [1.29, 1.82) is 0 Å². The van der Waals surface area contributed by atoms with E-state index in [-0.39, 0.29) is 38.4 Å². The molecule has 1 aromatic heterocycles. The molecule has 3 aromatic rings. The lowest BCUT2D eigenvalue weighted by Gasteiger charge is -2.21. The number of hydrogen-bond acceptors (Lipinski definition) is 10. The molecule has 1 fully saturated rings. The molecule has 2 heterocycles. The molecule has 0 aliphatic carbocycles. The molecule has 0 radical (unpaired) electrons. The lowest BCUT2D eigenvalue weighted by Crippen LogP contribution is -2.28. The number of benzene rings is 2. The number of aromatic nitrogens is 1. The van der Waals surface area contributed by atoms with Gasteiger partial charge in [-0.1, -0.05) is 12.1 Å². The molecule has 0 spiro atoms. The van der Waals surface area contributed by atoms with Crippen LogP contribution in [0.25, 0.3) is 11.3 Å². The minimum atomic E-state index is -3.39. The van der Waals surface area contributed by atoms with Crippen LogP contribution in [-0.4, -0.2) is 62.9 Å². The van der Waals surface area contributed by atoms with E-state index in [0.29, 0.717) is 53.6 Å². The molecule has 0 unspecified atom stereocenters. The lowest BCUT2D eigenvalue weighted by atomic mass is 10.0. The number of alkyl carbamates (subject to hydrolysis) is 1. The number of carbonyl (C=O) groups excluding carboxylic acids is 2. The van der Waals surface area contributed by atoms with Crippen molar-refractivity contribution >= 4 is 31.1 Å². The van der Waals surface area contributed by atoms with E-state index in [4.69, 9.17) is 27.7 Å². The summed E-state index contributed by atoms with van der Waals surface area (Å²) in [6.07, 6.45) is 3.04. The molecule has 0 bridgehead atoms. The second kappa shape index (κ2) is 15.5. The Bertz CT molecular complexity index is 1400. The van der Waals surface area contributed by atoms with Crippen molar-refractivity contribution < 1.29 is 41.8 Å². The number of nitrogens with one attached hydrogen (secondary N) is 3. The summed E-state index contributed by atoms with van der Waals surface area (Å²) in [6.45, 7) is 5.14. The summed E-state index contributed by atoms with van der Waals surface area (Å²) < 4.78 is 45.9. The molecular formula is C29H37N4O9P. The Labute approximate surface area is 250 Å². The number of urea groups is 1. The van der Waals surface area contributed by atoms with E-state index < -0.39 is 19.7 Å². The van der Waals surface area contributed by atoms with Gasteiger partial charge in [0.2, 0.25) is 0 Å². The van der Waals surface area contributed by atoms with E-state index in [9.17, 15) is 14.2 Å². The summed E-state index contributed by atoms with van der Waals surface area (Å²) in [7, 11) is -1.89. The van der Waals surface area contributed by atoms with Crippen LogP contribution in [0.3, 0.4) is 0 Å². The third kappa shape index (κ3) is 9.04. The zero-order chi connectivity index (χ0) is 30.7. The second-order valence-corrected chi connectivity index (χ2v) is 11.7. The normalized spacial score (nSPS) is 14.7. The Morgan fingerprint density at radius 2 is 1.93 bits per heavy atom. The van der Waals surface area contributed by atoms with Gasteiger partial charge in [-0.25, -0.2) is 14.6 Å². The Kier molecular flexibility index (Phi) is 11.6. The predicted octanol–water partition coefficient (Wildman–Crippen LogP) is 5.82. The van der Waals surface area contributed by atoms with Gasteiger partial charge in [-0.15, -0.1) is 0 Å². The number of carbonyl (C=O) groups is 2. The van der Waals surface area contributed by atoms with Crippen molar-refractivity contribution in [3.05, 3.63) is 60.1 Å². The number of methoxy groups -OCH3 is 1. The van der Waals surface area contributed by atoms with Crippen LogP contribution in [-0.2, 0) is 36.1 Å². The maximum Gasteiger partial charge on any atom is 0.407 e. The van der Waals surface area contributed by atoms with Crippen LogP contribution in [0.15, 0.2) is 53.4 Å². The monoisotopic (exact) mass is 616 g/mol. The van der Waals surface area contributed by atoms with E-state index in [0.717, 1.165) is 5.56 Å². The Morgan fingerprint density at radius 1 is 1.12 bits per heavy atom. The minimum absolute atomic E-state index is 0.0620. The van der Waals surface area contributed by atoms with E-state index >= 15 is 0 Å².